The van der Waals surface area contributed by atoms with Crippen molar-refractivity contribution in [2.75, 3.05) is 0 Å². The molecule has 0 spiro atoms. The second-order valence-electron chi connectivity index (χ2n) is 5.83. The molecule has 1 aromatic carbocycles. The van der Waals surface area contributed by atoms with Gasteiger partial charge in [0.15, 0.2) is 5.69 Å². The first kappa shape index (κ1) is 13.8. The van der Waals surface area contributed by atoms with Gasteiger partial charge in [-0.1, -0.05) is 6.92 Å². The standard InChI is InChI=1S/C16H17FN2O2/c1-9-3-4-14-13(7-9)15(16(20)21)18-19(14)12-6-10(2)5-11(17)8-12/h5-6,8-9H,3-4,7H2,1-2H3,(H,20,21). The molecule has 1 aliphatic carbocycles. The number of hydrogen-bond acceptors (Lipinski definition) is 2. The average molecular weight is 288 g/mol. The lowest BCUT2D eigenvalue weighted by Gasteiger charge is -2.19. The van der Waals surface area contributed by atoms with Crippen LogP contribution in [0.2, 0.25) is 0 Å². The van der Waals surface area contributed by atoms with E-state index in [-0.39, 0.29) is 11.5 Å². The van der Waals surface area contributed by atoms with Gasteiger partial charge in [0.25, 0.3) is 0 Å². The molecule has 1 aliphatic rings. The largest absolute Gasteiger partial charge is 0.476 e. The number of carboxylic acid groups (broad SMARTS) is 1. The van der Waals surface area contributed by atoms with Crippen molar-refractivity contribution in [3.63, 3.8) is 0 Å². The Labute approximate surface area is 122 Å². The van der Waals surface area contributed by atoms with E-state index in [1.54, 1.807) is 4.68 Å². The van der Waals surface area contributed by atoms with Crippen LogP contribution < -0.4 is 0 Å². The Balaban J connectivity index is 2.19. The number of carboxylic acids is 1. The molecule has 1 N–H and O–H groups in total. The monoisotopic (exact) mass is 288 g/mol. The minimum absolute atomic E-state index is 0.0958. The molecule has 0 fully saturated rings. The molecule has 0 saturated heterocycles. The zero-order valence-corrected chi connectivity index (χ0v) is 12.1. The average Bonchev–Trinajstić information content (AvgIpc) is 2.76. The molecule has 1 heterocycles. The molecule has 3 rings (SSSR count). The van der Waals surface area contributed by atoms with E-state index in [0.29, 0.717) is 18.0 Å². The van der Waals surface area contributed by atoms with Crippen molar-refractivity contribution in [1.29, 1.82) is 0 Å². The van der Waals surface area contributed by atoms with Gasteiger partial charge in [0.05, 0.1) is 5.69 Å². The van der Waals surface area contributed by atoms with E-state index in [9.17, 15) is 14.3 Å². The zero-order chi connectivity index (χ0) is 15.1. The molecule has 0 aliphatic heterocycles. The molecule has 110 valence electrons. The predicted molar refractivity (Wildman–Crippen MR) is 76.4 cm³/mol. The van der Waals surface area contributed by atoms with Crippen LogP contribution in [0, 0.1) is 18.7 Å². The van der Waals surface area contributed by atoms with Gasteiger partial charge in [0, 0.05) is 11.3 Å². The minimum atomic E-state index is -1.02. The summed E-state index contributed by atoms with van der Waals surface area (Å²) in [4.78, 5) is 11.4. The molecule has 5 heteroatoms. The molecule has 4 nitrogen and oxygen atoms in total. The molecular formula is C16H17FN2O2. The van der Waals surface area contributed by atoms with E-state index in [1.807, 2.05) is 13.0 Å². The van der Waals surface area contributed by atoms with Gasteiger partial charge in [-0.3, -0.25) is 0 Å². The number of fused-ring (bicyclic) bond motifs is 1. The minimum Gasteiger partial charge on any atom is -0.476 e. The van der Waals surface area contributed by atoms with Crippen molar-refractivity contribution in [3.8, 4) is 5.69 Å². The van der Waals surface area contributed by atoms with Crippen LogP contribution in [0.15, 0.2) is 18.2 Å². The Kier molecular flexibility index (Phi) is 3.27. The molecule has 0 radical (unpaired) electrons. The van der Waals surface area contributed by atoms with Crippen LogP contribution in [-0.4, -0.2) is 20.9 Å². The number of benzene rings is 1. The second kappa shape index (κ2) is 4.98. The number of aromatic carboxylic acids is 1. The Hall–Kier alpha value is -2.17. The second-order valence-corrected chi connectivity index (χ2v) is 5.83. The van der Waals surface area contributed by atoms with Gasteiger partial charge >= 0.3 is 5.97 Å². The molecule has 2 aromatic rings. The third kappa shape index (κ3) is 2.44. The zero-order valence-electron chi connectivity index (χ0n) is 12.1. The maximum atomic E-state index is 13.6. The van der Waals surface area contributed by atoms with Gasteiger partial charge in [0.2, 0.25) is 0 Å². The summed E-state index contributed by atoms with van der Waals surface area (Å²) >= 11 is 0. The van der Waals surface area contributed by atoms with Crippen LogP contribution in [0.25, 0.3) is 5.69 Å². The molecule has 0 amide bonds. The Morgan fingerprint density at radius 1 is 1.43 bits per heavy atom. The lowest BCUT2D eigenvalue weighted by atomic mass is 9.87. The van der Waals surface area contributed by atoms with Crippen molar-refractivity contribution >= 4 is 5.97 Å². The van der Waals surface area contributed by atoms with E-state index >= 15 is 0 Å². The van der Waals surface area contributed by atoms with Crippen molar-refractivity contribution < 1.29 is 14.3 Å². The lowest BCUT2D eigenvalue weighted by Crippen LogP contribution is -2.14. The Morgan fingerprint density at radius 2 is 2.19 bits per heavy atom. The van der Waals surface area contributed by atoms with Crippen LogP contribution in [0.3, 0.4) is 0 Å². The molecule has 21 heavy (non-hydrogen) atoms. The van der Waals surface area contributed by atoms with Gasteiger partial charge in [-0.15, -0.1) is 0 Å². The van der Waals surface area contributed by atoms with Crippen molar-refractivity contribution in [2.24, 2.45) is 5.92 Å². The number of aromatic nitrogens is 2. The number of hydrogen-bond donors (Lipinski definition) is 1. The Bertz CT molecular complexity index is 701. The fourth-order valence-corrected chi connectivity index (χ4v) is 3.01. The fourth-order valence-electron chi connectivity index (χ4n) is 3.01. The van der Waals surface area contributed by atoms with Crippen LogP contribution in [0.5, 0.6) is 0 Å². The van der Waals surface area contributed by atoms with Gasteiger partial charge in [-0.05, 0) is 55.9 Å². The van der Waals surface area contributed by atoms with Gasteiger partial charge in [-0.2, -0.15) is 5.10 Å². The van der Waals surface area contributed by atoms with Crippen molar-refractivity contribution in [2.45, 2.75) is 33.1 Å². The molecule has 1 aromatic heterocycles. The number of rotatable bonds is 2. The highest BCUT2D eigenvalue weighted by molar-refractivity contribution is 5.87. The first-order valence-corrected chi connectivity index (χ1v) is 7.07. The first-order valence-electron chi connectivity index (χ1n) is 7.07. The smallest absolute Gasteiger partial charge is 0.356 e. The summed E-state index contributed by atoms with van der Waals surface area (Å²) in [5.74, 6) is -0.912. The summed E-state index contributed by atoms with van der Waals surface area (Å²) in [7, 11) is 0. The summed E-state index contributed by atoms with van der Waals surface area (Å²) in [6.45, 7) is 3.92. The van der Waals surface area contributed by atoms with Gasteiger partial charge in [0.1, 0.15) is 5.82 Å². The van der Waals surface area contributed by atoms with Gasteiger partial charge < -0.3 is 5.11 Å². The molecular weight excluding hydrogens is 271 g/mol. The molecule has 1 atom stereocenters. The highest BCUT2D eigenvalue weighted by Crippen LogP contribution is 2.30. The van der Waals surface area contributed by atoms with Crippen LogP contribution in [0.4, 0.5) is 4.39 Å². The normalized spacial score (nSPS) is 17.6. The van der Waals surface area contributed by atoms with E-state index in [4.69, 9.17) is 0 Å². The summed E-state index contributed by atoms with van der Waals surface area (Å²) in [5.41, 5.74) is 3.17. The first-order chi connectivity index (χ1) is 9.95. The van der Waals surface area contributed by atoms with Crippen LogP contribution in [-0.2, 0) is 12.8 Å². The van der Waals surface area contributed by atoms with Crippen molar-refractivity contribution in [3.05, 3.63) is 46.5 Å². The van der Waals surface area contributed by atoms with Crippen LogP contribution >= 0.6 is 0 Å². The summed E-state index contributed by atoms with van der Waals surface area (Å²) in [5, 5.41) is 13.6. The van der Waals surface area contributed by atoms with E-state index in [1.165, 1.54) is 12.1 Å². The fraction of sp³-hybridized carbons (Fsp3) is 0.375. The highest BCUT2D eigenvalue weighted by Gasteiger charge is 2.28. The maximum Gasteiger partial charge on any atom is 0.356 e. The topological polar surface area (TPSA) is 55.1 Å². The number of aryl methyl sites for hydroxylation is 1. The number of halogens is 1. The molecule has 1 unspecified atom stereocenters. The van der Waals surface area contributed by atoms with E-state index < -0.39 is 5.97 Å². The SMILES string of the molecule is Cc1cc(F)cc(-n2nc(C(=O)O)c3c2CCC(C)C3)c1. The van der Waals surface area contributed by atoms with E-state index in [2.05, 4.69) is 12.0 Å². The summed E-state index contributed by atoms with van der Waals surface area (Å²) in [6.07, 6.45) is 2.48. The highest BCUT2D eigenvalue weighted by atomic mass is 19.1. The van der Waals surface area contributed by atoms with Crippen molar-refractivity contribution in [1.82, 2.24) is 9.78 Å². The third-order valence-corrected chi connectivity index (χ3v) is 3.99. The maximum absolute atomic E-state index is 13.6. The van der Waals surface area contributed by atoms with E-state index in [0.717, 1.165) is 29.7 Å². The molecule has 0 bridgehead atoms. The molecule has 0 saturated carbocycles. The summed E-state index contributed by atoms with van der Waals surface area (Å²) in [6, 6.07) is 4.66. The van der Waals surface area contributed by atoms with Gasteiger partial charge in [-0.25, -0.2) is 13.9 Å². The quantitative estimate of drug-likeness (QED) is 0.923. The predicted octanol–water partition coefficient (Wildman–Crippen LogP) is 3.14. The third-order valence-electron chi connectivity index (χ3n) is 3.99. The summed E-state index contributed by atoms with van der Waals surface area (Å²) < 4.78 is 15.2. The number of nitrogens with zero attached hydrogens (tertiary/aromatic N) is 2. The van der Waals surface area contributed by atoms with Crippen LogP contribution in [0.1, 0.15) is 40.7 Å². The Morgan fingerprint density at radius 3 is 2.86 bits per heavy atom. The number of carbonyl (C=O) groups is 1. The lowest BCUT2D eigenvalue weighted by molar-refractivity contribution is 0.0688.